The van der Waals surface area contributed by atoms with Gasteiger partial charge in [-0.3, -0.25) is 18.9 Å². The van der Waals surface area contributed by atoms with Crippen molar-refractivity contribution < 1.29 is 61.0 Å². The number of aliphatic hydroxyl groups excluding tert-OH is 1. The van der Waals surface area contributed by atoms with Crippen LogP contribution in [0, 0.1) is 0 Å². The van der Waals surface area contributed by atoms with E-state index in [0.717, 1.165) is 23.8 Å². The van der Waals surface area contributed by atoms with Crippen molar-refractivity contribution in [3.05, 3.63) is 33.1 Å². The predicted molar refractivity (Wildman–Crippen MR) is 94.3 cm³/mol. The van der Waals surface area contributed by atoms with Crippen LogP contribution in [0.25, 0.3) is 0 Å². The number of hydrogen-bond donors (Lipinski definition) is 6. The van der Waals surface area contributed by atoms with Crippen molar-refractivity contribution in [3.8, 4) is 0 Å². The number of phosphoric ester groups is 1. The number of hydrogen-bond acceptors (Lipinski definition) is 11. The molecule has 20 heteroatoms. The first-order chi connectivity index (χ1) is 14.1. The summed E-state index contributed by atoms with van der Waals surface area (Å²) >= 11 is 0. The molecule has 1 aromatic heterocycles. The van der Waals surface area contributed by atoms with E-state index in [-0.39, 0.29) is 0 Å². The molecule has 2 aliphatic rings. The Bertz CT molecular complexity index is 1110. The third-order valence-electron chi connectivity index (χ3n) is 4.46. The van der Waals surface area contributed by atoms with E-state index in [1.165, 1.54) is 0 Å². The lowest BCUT2D eigenvalue weighted by molar-refractivity contribution is -0.204. The van der Waals surface area contributed by atoms with Crippen LogP contribution in [-0.2, 0) is 36.3 Å². The largest absolute Gasteiger partial charge is 0.490 e. The molecule has 0 spiro atoms. The molecule has 2 bridgehead atoms. The molecule has 1 aromatic rings. The van der Waals surface area contributed by atoms with Crippen molar-refractivity contribution in [1.29, 1.82) is 0 Å². The van der Waals surface area contributed by atoms with Crippen molar-refractivity contribution >= 4 is 23.5 Å². The van der Waals surface area contributed by atoms with Gasteiger partial charge < -0.3 is 34.2 Å². The quantitative estimate of drug-likeness (QED) is 0.213. The Labute approximate surface area is 171 Å². The van der Waals surface area contributed by atoms with E-state index in [9.17, 15) is 38.2 Å². The summed E-state index contributed by atoms with van der Waals surface area (Å²) in [6, 6.07) is 1.01. The second kappa shape index (κ2) is 8.08. The fourth-order valence-corrected chi connectivity index (χ4v) is 6.44. The molecule has 2 fully saturated rings. The molecule has 0 aromatic carbocycles. The molecule has 0 radical (unpaired) electrons. The van der Waals surface area contributed by atoms with Crippen molar-refractivity contribution in [2.24, 2.45) is 0 Å². The van der Waals surface area contributed by atoms with Gasteiger partial charge in [0.15, 0.2) is 6.23 Å². The zero-order valence-corrected chi connectivity index (χ0v) is 18.0. The fourth-order valence-electron chi connectivity index (χ4n) is 3.20. The minimum Gasteiger partial charge on any atom is -0.387 e. The summed E-state index contributed by atoms with van der Waals surface area (Å²) < 4.78 is 58.1. The number of nitrogens with one attached hydrogen (secondary N) is 1. The van der Waals surface area contributed by atoms with E-state index in [1.807, 2.05) is 4.98 Å². The molecular formula is C11H17N2O15P3. The molecule has 0 amide bonds. The standard InChI is InChI=1S/C11H17N2O15P3/c1-5(26-30(20,21)28-31(22,23)27-29(17,18)19)11-4-24-7(8(11)15)9(25-11)13-3-2-6(14)12-10(13)16/h2-3,5,7-9,15H,4H2,1H3,(H,20,21)(H,22,23)(H,12,14,16)(H2,17,18,19)/t5?,7-,8+,9-,11-/m1/s1. The number of aromatic amines is 1. The van der Waals surface area contributed by atoms with Crippen molar-refractivity contribution in [1.82, 2.24) is 9.55 Å². The maximum Gasteiger partial charge on any atom is 0.490 e. The average molecular weight is 510 g/mol. The SMILES string of the molecule is CC(OP(=O)(O)OP(=O)(O)OP(=O)(O)O)[C@@]12CO[C@@H]([C@H](n3ccc(=O)[nH]c3=O)O1)[C@@H]2O. The van der Waals surface area contributed by atoms with Gasteiger partial charge in [0.05, 0.1) is 6.61 Å². The molecule has 3 unspecified atom stereocenters. The predicted octanol–water partition coefficient (Wildman–Crippen LogP) is -1.70. The molecule has 0 aliphatic carbocycles. The van der Waals surface area contributed by atoms with Crippen LogP contribution in [-0.4, -0.2) is 64.8 Å². The van der Waals surface area contributed by atoms with Crippen LogP contribution < -0.4 is 11.2 Å². The van der Waals surface area contributed by atoms with Gasteiger partial charge in [-0.1, -0.05) is 0 Å². The maximum absolute atomic E-state index is 12.1. The molecule has 31 heavy (non-hydrogen) atoms. The number of aliphatic hydroxyl groups is 1. The summed E-state index contributed by atoms with van der Waals surface area (Å²) in [5.41, 5.74) is -3.45. The minimum atomic E-state index is -5.74. The normalized spacial score (nSPS) is 33.0. The van der Waals surface area contributed by atoms with Crippen LogP contribution in [0.1, 0.15) is 13.2 Å². The average Bonchev–Trinajstić information content (AvgIpc) is 3.02. The Hall–Kier alpha value is -1.03. The molecule has 3 rings (SSSR count). The van der Waals surface area contributed by atoms with Gasteiger partial charge in [0, 0.05) is 12.3 Å². The topological polar surface area (TPSA) is 253 Å². The number of phosphoric acid groups is 3. The highest BCUT2D eigenvalue weighted by Gasteiger charge is 2.65. The Morgan fingerprint density at radius 1 is 1.19 bits per heavy atom. The highest BCUT2D eigenvalue weighted by atomic mass is 31.3. The lowest BCUT2D eigenvalue weighted by Gasteiger charge is -2.35. The summed E-state index contributed by atoms with van der Waals surface area (Å²) in [4.78, 5) is 61.2. The number of fused-ring (bicyclic) bond motifs is 2. The van der Waals surface area contributed by atoms with Crippen molar-refractivity contribution in [2.45, 2.75) is 37.1 Å². The molecular weight excluding hydrogens is 493 g/mol. The number of ether oxygens (including phenoxy) is 2. The maximum atomic E-state index is 12.1. The number of H-pyrrole nitrogens is 1. The number of nitrogens with zero attached hydrogens (tertiary/aromatic N) is 1. The lowest BCUT2D eigenvalue weighted by atomic mass is 9.94. The Morgan fingerprint density at radius 3 is 2.42 bits per heavy atom. The molecule has 7 atom stereocenters. The van der Waals surface area contributed by atoms with Gasteiger partial charge in [-0.05, 0) is 6.92 Å². The van der Waals surface area contributed by atoms with E-state index >= 15 is 0 Å². The Balaban J connectivity index is 1.79. The van der Waals surface area contributed by atoms with Gasteiger partial charge in [0.1, 0.15) is 23.9 Å². The third kappa shape index (κ3) is 5.15. The molecule has 2 aliphatic heterocycles. The monoisotopic (exact) mass is 510 g/mol. The summed E-state index contributed by atoms with van der Waals surface area (Å²) in [5.74, 6) is 0. The van der Waals surface area contributed by atoms with Gasteiger partial charge in [-0.15, -0.1) is 0 Å². The van der Waals surface area contributed by atoms with Gasteiger partial charge >= 0.3 is 29.2 Å². The first-order valence-electron chi connectivity index (χ1n) is 8.16. The van der Waals surface area contributed by atoms with Crippen LogP contribution in [0.5, 0.6) is 0 Å². The van der Waals surface area contributed by atoms with Crippen molar-refractivity contribution in [3.63, 3.8) is 0 Å². The zero-order chi connectivity index (χ0) is 23.4. The van der Waals surface area contributed by atoms with Gasteiger partial charge in [0.2, 0.25) is 0 Å². The van der Waals surface area contributed by atoms with Crippen LogP contribution in [0.15, 0.2) is 21.9 Å². The molecule has 17 nitrogen and oxygen atoms in total. The third-order valence-corrected chi connectivity index (χ3v) is 8.36. The van der Waals surface area contributed by atoms with Crippen LogP contribution in [0.4, 0.5) is 0 Å². The van der Waals surface area contributed by atoms with E-state index in [0.29, 0.717) is 0 Å². The van der Waals surface area contributed by atoms with Crippen LogP contribution in [0.3, 0.4) is 0 Å². The van der Waals surface area contributed by atoms with Gasteiger partial charge in [0.25, 0.3) is 5.56 Å². The fraction of sp³-hybridized carbons (Fsp3) is 0.636. The minimum absolute atomic E-state index is 0.398. The summed E-state index contributed by atoms with van der Waals surface area (Å²) in [6.07, 6.45) is -4.49. The van der Waals surface area contributed by atoms with E-state index in [2.05, 4.69) is 8.62 Å². The molecule has 6 N–H and O–H groups in total. The van der Waals surface area contributed by atoms with E-state index < -0.39 is 71.5 Å². The van der Waals surface area contributed by atoms with Crippen LogP contribution in [0.2, 0.25) is 0 Å². The zero-order valence-electron chi connectivity index (χ0n) is 15.3. The smallest absolute Gasteiger partial charge is 0.387 e. The summed E-state index contributed by atoms with van der Waals surface area (Å²) in [7, 11) is -16.8. The van der Waals surface area contributed by atoms with E-state index in [4.69, 9.17) is 23.8 Å². The van der Waals surface area contributed by atoms with Gasteiger partial charge in [-0.25, -0.2) is 18.5 Å². The molecule has 3 heterocycles. The molecule has 176 valence electrons. The second-order valence-corrected chi connectivity index (χ2v) is 10.9. The lowest BCUT2D eigenvalue weighted by Crippen LogP contribution is -2.51. The Morgan fingerprint density at radius 2 is 1.84 bits per heavy atom. The first-order valence-corrected chi connectivity index (χ1v) is 12.7. The van der Waals surface area contributed by atoms with Gasteiger partial charge in [-0.2, -0.15) is 8.62 Å². The highest BCUT2D eigenvalue weighted by molar-refractivity contribution is 7.66. The van der Waals surface area contributed by atoms with E-state index in [1.54, 1.807) is 0 Å². The Kier molecular flexibility index (Phi) is 6.41. The summed E-state index contributed by atoms with van der Waals surface area (Å²) in [6.45, 7) is 0.704. The van der Waals surface area contributed by atoms with Crippen LogP contribution >= 0.6 is 23.5 Å². The van der Waals surface area contributed by atoms with Crippen molar-refractivity contribution in [2.75, 3.05) is 6.61 Å². The summed E-state index contributed by atoms with van der Waals surface area (Å²) in [5, 5.41) is 10.5. The highest BCUT2D eigenvalue weighted by Crippen LogP contribution is 2.67. The number of rotatable bonds is 8. The molecule has 2 saturated heterocycles. The molecule has 0 saturated carbocycles. The number of aromatic nitrogens is 2. The second-order valence-electron chi connectivity index (χ2n) is 6.54. The first kappa shape index (κ1) is 24.6.